The summed E-state index contributed by atoms with van der Waals surface area (Å²) in [7, 11) is 0. The standard InChI is InChI=1S/C16H22O/c1-3-13-6-10-15(11-7-13)16(17)14-8-4-12(2)5-9-14/h6-7,10-12,14H,3-5,8-9H2,1-2H3. The van der Waals surface area contributed by atoms with Crippen molar-refractivity contribution in [3.05, 3.63) is 35.4 Å². The van der Waals surface area contributed by atoms with Crippen LogP contribution in [0.4, 0.5) is 0 Å². The minimum Gasteiger partial charge on any atom is -0.294 e. The van der Waals surface area contributed by atoms with Gasteiger partial charge in [0.1, 0.15) is 0 Å². The molecule has 0 N–H and O–H groups in total. The first-order valence-corrected chi connectivity index (χ1v) is 6.84. The van der Waals surface area contributed by atoms with Crippen molar-refractivity contribution in [1.29, 1.82) is 0 Å². The monoisotopic (exact) mass is 230 g/mol. The maximum Gasteiger partial charge on any atom is 0.165 e. The third kappa shape index (κ3) is 2.96. The lowest BCUT2D eigenvalue weighted by Crippen LogP contribution is -2.20. The summed E-state index contributed by atoms with van der Waals surface area (Å²) >= 11 is 0. The van der Waals surface area contributed by atoms with Gasteiger partial charge in [0.15, 0.2) is 5.78 Å². The molecule has 0 amide bonds. The third-order valence-corrected chi connectivity index (χ3v) is 4.03. The Hall–Kier alpha value is -1.11. The normalized spacial score (nSPS) is 24.6. The molecule has 0 atom stereocenters. The van der Waals surface area contributed by atoms with Crippen molar-refractivity contribution < 1.29 is 4.79 Å². The molecule has 17 heavy (non-hydrogen) atoms. The van der Waals surface area contributed by atoms with Crippen molar-refractivity contribution in [2.45, 2.75) is 46.0 Å². The molecule has 2 rings (SSSR count). The summed E-state index contributed by atoms with van der Waals surface area (Å²) in [4.78, 5) is 12.3. The molecular formula is C16H22O. The number of rotatable bonds is 3. The van der Waals surface area contributed by atoms with Gasteiger partial charge in [0.2, 0.25) is 0 Å². The lowest BCUT2D eigenvalue weighted by Gasteiger charge is -2.25. The highest BCUT2D eigenvalue weighted by molar-refractivity contribution is 5.97. The Morgan fingerprint density at radius 3 is 2.24 bits per heavy atom. The van der Waals surface area contributed by atoms with Gasteiger partial charge < -0.3 is 0 Å². The molecule has 0 spiro atoms. The van der Waals surface area contributed by atoms with Crippen LogP contribution in [-0.2, 0) is 6.42 Å². The summed E-state index contributed by atoms with van der Waals surface area (Å²) in [6, 6.07) is 8.16. The smallest absolute Gasteiger partial charge is 0.165 e. The lowest BCUT2D eigenvalue weighted by atomic mass is 9.79. The van der Waals surface area contributed by atoms with Crippen LogP contribution in [0, 0.1) is 11.8 Å². The zero-order valence-electron chi connectivity index (χ0n) is 10.9. The average molecular weight is 230 g/mol. The molecule has 1 nitrogen and oxygen atoms in total. The van der Waals surface area contributed by atoms with E-state index in [0.717, 1.165) is 30.7 Å². The Kier molecular flexibility index (Phi) is 3.98. The molecule has 1 aliphatic rings. The van der Waals surface area contributed by atoms with Crippen LogP contribution in [0.3, 0.4) is 0 Å². The van der Waals surface area contributed by atoms with Crippen molar-refractivity contribution in [2.75, 3.05) is 0 Å². The molecule has 0 bridgehead atoms. The van der Waals surface area contributed by atoms with E-state index in [1.165, 1.54) is 18.4 Å². The molecule has 1 aromatic rings. The van der Waals surface area contributed by atoms with Crippen molar-refractivity contribution in [2.24, 2.45) is 11.8 Å². The number of hydrogen-bond acceptors (Lipinski definition) is 1. The van der Waals surface area contributed by atoms with E-state index in [0.29, 0.717) is 5.78 Å². The van der Waals surface area contributed by atoms with Gasteiger partial charge in [-0.2, -0.15) is 0 Å². The fraction of sp³-hybridized carbons (Fsp3) is 0.562. The second-order valence-corrected chi connectivity index (χ2v) is 5.37. The first kappa shape index (κ1) is 12.3. The van der Waals surface area contributed by atoms with Gasteiger partial charge in [-0.25, -0.2) is 0 Å². The van der Waals surface area contributed by atoms with Crippen molar-refractivity contribution >= 4 is 5.78 Å². The van der Waals surface area contributed by atoms with Crippen LogP contribution in [0.15, 0.2) is 24.3 Å². The minimum atomic E-state index is 0.277. The van der Waals surface area contributed by atoms with Gasteiger partial charge in [0.05, 0.1) is 0 Å². The molecular weight excluding hydrogens is 208 g/mol. The molecule has 0 saturated heterocycles. The van der Waals surface area contributed by atoms with Crippen LogP contribution >= 0.6 is 0 Å². The van der Waals surface area contributed by atoms with Gasteiger partial charge in [-0.3, -0.25) is 4.79 Å². The first-order valence-electron chi connectivity index (χ1n) is 6.84. The van der Waals surface area contributed by atoms with E-state index in [2.05, 4.69) is 26.0 Å². The zero-order chi connectivity index (χ0) is 12.3. The highest BCUT2D eigenvalue weighted by Gasteiger charge is 2.24. The predicted octanol–water partition coefficient (Wildman–Crippen LogP) is 4.26. The summed E-state index contributed by atoms with van der Waals surface area (Å²) < 4.78 is 0. The van der Waals surface area contributed by atoms with Crippen LogP contribution in [-0.4, -0.2) is 5.78 Å². The molecule has 0 heterocycles. The summed E-state index contributed by atoms with van der Waals surface area (Å²) in [5.41, 5.74) is 2.21. The Bertz CT molecular complexity index is 369. The van der Waals surface area contributed by atoms with E-state index in [1.54, 1.807) is 0 Å². The number of carbonyl (C=O) groups excluding carboxylic acids is 1. The van der Waals surface area contributed by atoms with E-state index in [4.69, 9.17) is 0 Å². The molecule has 1 aliphatic carbocycles. The summed E-state index contributed by atoms with van der Waals surface area (Å²) in [5, 5.41) is 0. The van der Waals surface area contributed by atoms with Crippen molar-refractivity contribution in [1.82, 2.24) is 0 Å². The fourth-order valence-corrected chi connectivity index (χ4v) is 2.66. The summed E-state index contributed by atoms with van der Waals surface area (Å²) in [6.45, 7) is 4.43. The van der Waals surface area contributed by atoms with Gasteiger partial charge >= 0.3 is 0 Å². The number of ketones is 1. The van der Waals surface area contributed by atoms with Crippen LogP contribution in [0.25, 0.3) is 0 Å². The van der Waals surface area contributed by atoms with Crippen molar-refractivity contribution in [3.63, 3.8) is 0 Å². The van der Waals surface area contributed by atoms with Gasteiger partial charge in [0, 0.05) is 11.5 Å². The average Bonchev–Trinajstić information content (AvgIpc) is 2.39. The summed E-state index contributed by atoms with van der Waals surface area (Å²) in [6.07, 6.45) is 5.62. The quantitative estimate of drug-likeness (QED) is 0.709. The Balaban J connectivity index is 2.03. The SMILES string of the molecule is CCc1ccc(C(=O)C2CCC(C)CC2)cc1. The minimum absolute atomic E-state index is 0.277. The Labute approximate surface area is 104 Å². The molecule has 1 saturated carbocycles. The topological polar surface area (TPSA) is 17.1 Å². The second kappa shape index (κ2) is 5.48. The maximum absolute atomic E-state index is 12.3. The number of carbonyl (C=O) groups is 1. The molecule has 0 radical (unpaired) electrons. The van der Waals surface area contributed by atoms with Crippen molar-refractivity contribution in [3.8, 4) is 0 Å². The number of benzene rings is 1. The van der Waals surface area contributed by atoms with E-state index in [1.807, 2.05) is 12.1 Å². The van der Waals surface area contributed by atoms with Crippen LogP contribution in [0.5, 0.6) is 0 Å². The van der Waals surface area contributed by atoms with E-state index >= 15 is 0 Å². The number of hydrogen-bond donors (Lipinski definition) is 0. The molecule has 1 fully saturated rings. The molecule has 92 valence electrons. The van der Waals surface area contributed by atoms with E-state index < -0.39 is 0 Å². The van der Waals surface area contributed by atoms with E-state index in [9.17, 15) is 4.79 Å². The van der Waals surface area contributed by atoms with Crippen LogP contribution in [0.2, 0.25) is 0 Å². The third-order valence-electron chi connectivity index (χ3n) is 4.03. The number of Topliss-reactive ketones (excluding diaryl/α,β-unsaturated/α-hetero) is 1. The molecule has 1 heteroatoms. The Morgan fingerprint density at radius 2 is 1.71 bits per heavy atom. The number of aryl methyl sites for hydroxylation is 1. The first-order chi connectivity index (χ1) is 8.20. The van der Waals surface area contributed by atoms with Gasteiger partial charge in [0.25, 0.3) is 0 Å². The lowest BCUT2D eigenvalue weighted by molar-refractivity contribution is 0.0875. The largest absolute Gasteiger partial charge is 0.294 e. The highest BCUT2D eigenvalue weighted by atomic mass is 16.1. The molecule has 0 aliphatic heterocycles. The second-order valence-electron chi connectivity index (χ2n) is 5.37. The fourth-order valence-electron chi connectivity index (χ4n) is 2.66. The van der Waals surface area contributed by atoms with Gasteiger partial charge in [-0.1, -0.05) is 51.0 Å². The Morgan fingerprint density at radius 1 is 1.12 bits per heavy atom. The molecule has 1 aromatic carbocycles. The van der Waals surface area contributed by atoms with Crippen LogP contribution in [0.1, 0.15) is 55.5 Å². The van der Waals surface area contributed by atoms with E-state index in [-0.39, 0.29) is 5.92 Å². The molecule has 0 unspecified atom stereocenters. The zero-order valence-corrected chi connectivity index (χ0v) is 10.9. The highest BCUT2D eigenvalue weighted by Crippen LogP contribution is 2.30. The van der Waals surface area contributed by atoms with Gasteiger partial charge in [-0.15, -0.1) is 0 Å². The predicted molar refractivity (Wildman–Crippen MR) is 71.3 cm³/mol. The van der Waals surface area contributed by atoms with Gasteiger partial charge in [-0.05, 0) is 30.7 Å². The maximum atomic E-state index is 12.3. The summed E-state index contributed by atoms with van der Waals surface area (Å²) in [5.74, 6) is 1.44. The molecule has 0 aromatic heterocycles. The van der Waals surface area contributed by atoms with Crippen LogP contribution < -0.4 is 0 Å².